The van der Waals surface area contributed by atoms with Crippen molar-refractivity contribution in [2.75, 3.05) is 13.6 Å². The second-order valence-corrected chi connectivity index (χ2v) is 8.76. The largest absolute Gasteiger partial charge is 0.430 e. The molecule has 31 heavy (non-hydrogen) atoms. The van der Waals surface area contributed by atoms with E-state index in [1.54, 1.807) is 50.9 Å². The Labute approximate surface area is 181 Å². The van der Waals surface area contributed by atoms with Crippen LogP contribution in [0, 0.1) is 17.1 Å². The first-order chi connectivity index (χ1) is 14.6. The first kappa shape index (κ1) is 22.3. The van der Waals surface area contributed by atoms with Crippen LogP contribution in [0.3, 0.4) is 0 Å². The van der Waals surface area contributed by atoms with Gasteiger partial charge in [-0.05, 0) is 61.6 Å². The van der Waals surface area contributed by atoms with E-state index >= 15 is 0 Å². The number of fused-ring (bicyclic) bond motifs is 1. The van der Waals surface area contributed by atoms with Crippen molar-refractivity contribution >= 4 is 12.0 Å². The third-order valence-corrected chi connectivity index (χ3v) is 5.06. The van der Waals surface area contributed by atoms with Crippen molar-refractivity contribution < 1.29 is 18.7 Å². The van der Waals surface area contributed by atoms with Crippen molar-refractivity contribution in [1.82, 2.24) is 10.2 Å². The van der Waals surface area contributed by atoms with Crippen LogP contribution in [0.25, 0.3) is 11.1 Å². The summed E-state index contributed by atoms with van der Waals surface area (Å²) < 4.78 is 19.9. The Morgan fingerprint density at radius 1 is 1.26 bits per heavy atom. The molecule has 3 rings (SSSR count). The second kappa shape index (κ2) is 8.76. The monoisotopic (exact) mass is 423 g/mol. The number of hydrogen-bond acceptors (Lipinski definition) is 4. The number of carbonyl (C=O) groups excluding carboxylic acids is 2. The van der Waals surface area contributed by atoms with Gasteiger partial charge in [0.05, 0.1) is 0 Å². The van der Waals surface area contributed by atoms with Gasteiger partial charge >= 0.3 is 6.09 Å². The molecule has 0 fully saturated rings. The molecule has 0 saturated carbocycles. The number of nitrogens with zero attached hydrogens (tertiary/aromatic N) is 2. The van der Waals surface area contributed by atoms with E-state index in [0.29, 0.717) is 17.7 Å². The maximum Gasteiger partial charge on any atom is 0.408 e. The molecule has 162 valence electrons. The third-order valence-electron chi connectivity index (χ3n) is 5.06. The molecule has 0 radical (unpaired) electrons. The van der Waals surface area contributed by atoms with Crippen LogP contribution in [0.2, 0.25) is 0 Å². The molecule has 1 aliphatic heterocycles. The third kappa shape index (κ3) is 5.40. The Morgan fingerprint density at radius 3 is 2.58 bits per heavy atom. The number of alkyl carbamates (subject to hydrolysis) is 1. The Bertz CT molecular complexity index is 1050. The number of halogens is 1. The van der Waals surface area contributed by atoms with Crippen molar-refractivity contribution in [3.63, 3.8) is 0 Å². The molecule has 1 atom stereocenters. The molecule has 2 amide bonds. The molecule has 2 aromatic rings. The smallest absolute Gasteiger partial charge is 0.408 e. The van der Waals surface area contributed by atoms with E-state index in [1.165, 1.54) is 6.07 Å². The van der Waals surface area contributed by atoms with Crippen LogP contribution >= 0.6 is 0 Å². The molecule has 0 spiro atoms. The van der Waals surface area contributed by atoms with Gasteiger partial charge in [0.15, 0.2) is 6.10 Å². The fourth-order valence-electron chi connectivity index (χ4n) is 3.45. The minimum Gasteiger partial charge on any atom is -0.430 e. The summed E-state index contributed by atoms with van der Waals surface area (Å²) >= 11 is 0. The molecule has 2 aromatic carbocycles. The number of carbonyl (C=O) groups is 2. The number of amides is 2. The topological polar surface area (TPSA) is 82.4 Å². The minimum atomic E-state index is -1.10. The summed E-state index contributed by atoms with van der Waals surface area (Å²) in [5, 5.41) is 11.9. The molecule has 0 saturated heterocycles. The van der Waals surface area contributed by atoms with E-state index in [9.17, 15) is 19.2 Å². The van der Waals surface area contributed by atoms with Gasteiger partial charge in [-0.3, -0.25) is 4.79 Å². The van der Waals surface area contributed by atoms with E-state index in [4.69, 9.17) is 4.74 Å². The molecule has 1 N–H and O–H groups in total. The summed E-state index contributed by atoms with van der Waals surface area (Å²) in [6.45, 7) is 6.04. The fourth-order valence-corrected chi connectivity index (χ4v) is 3.45. The van der Waals surface area contributed by atoms with Gasteiger partial charge in [-0.1, -0.05) is 24.3 Å². The highest BCUT2D eigenvalue weighted by molar-refractivity contribution is 5.97. The number of hydrogen-bond donors (Lipinski definition) is 1. The van der Waals surface area contributed by atoms with E-state index in [2.05, 4.69) is 5.32 Å². The first-order valence-corrected chi connectivity index (χ1v) is 10.1. The maximum atomic E-state index is 14.8. The summed E-state index contributed by atoms with van der Waals surface area (Å²) in [6.07, 6.45) is -1.12. The molecular weight excluding hydrogens is 397 g/mol. The van der Waals surface area contributed by atoms with Crippen molar-refractivity contribution in [2.45, 2.75) is 45.3 Å². The van der Waals surface area contributed by atoms with Gasteiger partial charge in [0, 0.05) is 31.1 Å². The average molecular weight is 423 g/mol. The summed E-state index contributed by atoms with van der Waals surface area (Å²) in [6, 6.07) is 12.2. The summed E-state index contributed by atoms with van der Waals surface area (Å²) in [5.74, 6) is -0.488. The lowest BCUT2D eigenvalue weighted by molar-refractivity contribution is 0.0780. The molecule has 1 aliphatic rings. The van der Waals surface area contributed by atoms with Gasteiger partial charge in [0.1, 0.15) is 11.9 Å². The van der Waals surface area contributed by atoms with Gasteiger partial charge in [-0.2, -0.15) is 5.26 Å². The van der Waals surface area contributed by atoms with Crippen molar-refractivity contribution in [2.24, 2.45) is 0 Å². The van der Waals surface area contributed by atoms with E-state index in [-0.39, 0.29) is 17.9 Å². The Kier molecular flexibility index (Phi) is 6.30. The Morgan fingerprint density at radius 2 is 1.94 bits per heavy atom. The number of likely N-dealkylation sites (N-methyl/N-ethyl adjacent to an activating group) is 1. The number of ether oxygens (including phenoxy) is 1. The van der Waals surface area contributed by atoms with Crippen LogP contribution < -0.4 is 5.32 Å². The van der Waals surface area contributed by atoms with Crippen LogP contribution in [-0.4, -0.2) is 42.1 Å². The number of nitriles is 1. The lowest BCUT2D eigenvalue weighted by atomic mass is 9.93. The van der Waals surface area contributed by atoms with E-state index < -0.39 is 23.6 Å². The predicted molar refractivity (Wildman–Crippen MR) is 115 cm³/mol. The molecule has 0 aromatic heterocycles. The molecule has 0 bridgehead atoms. The SMILES string of the molecule is CN1CCc2cc(-c3ccc(C[C@@H](C#N)OC(=O)NC(C)(C)C)c(F)c3)ccc2C1=O. The summed E-state index contributed by atoms with van der Waals surface area (Å²) in [4.78, 5) is 25.8. The predicted octanol–water partition coefficient (Wildman–Crippen LogP) is 4.08. The van der Waals surface area contributed by atoms with E-state index in [1.807, 2.05) is 18.2 Å². The summed E-state index contributed by atoms with van der Waals surface area (Å²) in [7, 11) is 1.78. The minimum absolute atomic E-state index is 0.00706. The van der Waals surface area contributed by atoms with E-state index in [0.717, 1.165) is 17.5 Å². The Hall–Kier alpha value is -3.40. The number of benzene rings is 2. The second-order valence-electron chi connectivity index (χ2n) is 8.76. The normalized spacial score (nSPS) is 14.5. The van der Waals surface area contributed by atoms with Crippen LogP contribution in [0.5, 0.6) is 0 Å². The van der Waals surface area contributed by atoms with Crippen LogP contribution in [0.4, 0.5) is 9.18 Å². The van der Waals surface area contributed by atoms with Crippen molar-refractivity contribution in [3.8, 4) is 17.2 Å². The van der Waals surface area contributed by atoms with Gasteiger partial charge in [0.25, 0.3) is 5.91 Å². The van der Waals surface area contributed by atoms with Gasteiger partial charge in [0.2, 0.25) is 0 Å². The number of nitrogens with one attached hydrogen (secondary N) is 1. The van der Waals surface area contributed by atoms with Crippen molar-refractivity contribution in [3.05, 3.63) is 58.9 Å². The van der Waals surface area contributed by atoms with Gasteiger partial charge in [-0.15, -0.1) is 0 Å². The fraction of sp³-hybridized carbons (Fsp3) is 0.375. The zero-order valence-corrected chi connectivity index (χ0v) is 18.2. The quantitative estimate of drug-likeness (QED) is 0.803. The molecule has 0 aliphatic carbocycles. The molecule has 1 heterocycles. The van der Waals surface area contributed by atoms with Crippen molar-refractivity contribution in [1.29, 1.82) is 5.26 Å². The highest BCUT2D eigenvalue weighted by atomic mass is 19.1. The van der Waals surface area contributed by atoms with Crippen LogP contribution in [0.15, 0.2) is 36.4 Å². The Balaban J connectivity index is 1.75. The summed E-state index contributed by atoms with van der Waals surface area (Å²) in [5.41, 5.74) is 2.91. The molecule has 6 nitrogen and oxygen atoms in total. The average Bonchev–Trinajstić information content (AvgIpc) is 2.70. The van der Waals surface area contributed by atoms with Gasteiger partial charge < -0.3 is 15.0 Å². The lowest BCUT2D eigenvalue weighted by Crippen LogP contribution is -2.42. The van der Waals surface area contributed by atoms with Gasteiger partial charge in [-0.25, -0.2) is 9.18 Å². The molecule has 7 heteroatoms. The first-order valence-electron chi connectivity index (χ1n) is 10.1. The zero-order valence-electron chi connectivity index (χ0n) is 18.2. The van der Waals surface area contributed by atoms with Crippen LogP contribution in [0.1, 0.15) is 42.3 Å². The highest BCUT2D eigenvalue weighted by Crippen LogP contribution is 2.27. The standard InChI is InChI=1S/C24H26FN3O3/c1-24(2,3)27-23(30)31-19(14-26)12-18-6-5-16(13-21(18)25)15-7-8-20-17(11-15)9-10-28(4)22(20)29/h5-8,11,13,19H,9-10,12H2,1-4H3,(H,27,30)/t19-/m0/s1. The van der Waals surface area contributed by atoms with Crippen LogP contribution in [-0.2, 0) is 17.6 Å². The number of rotatable bonds is 4. The maximum absolute atomic E-state index is 14.8. The molecular formula is C24H26FN3O3. The lowest BCUT2D eigenvalue weighted by Gasteiger charge is -2.25. The molecule has 0 unspecified atom stereocenters. The highest BCUT2D eigenvalue weighted by Gasteiger charge is 2.23. The zero-order chi connectivity index (χ0) is 22.8.